The molecular weight excluding hydrogens is 200 g/mol. The third-order valence-corrected chi connectivity index (χ3v) is 2.69. The Hall–Kier alpha value is -2.15. The van der Waals surface area contributed by atoms with E-state index >= 15 is 0 Å². The average Bonchev–Trinajstić information content (AvgIpc) is 2.60. The summed E-state index contributed by atoms with van der Waals surface area (Å²) in [5.41, 5.74) is 3.71. The molecule has 0 radical (unpaired) electrons. The summed E-state index contributed by atoms with van der Waals surface area (Å²) in [4.78, 5) is 4.23. The highest BCUT2D eigenvalue weighted by Gasteiger charge is 2.07. The van der Waals surface area contributed by atoms with Crippen LogP contribution in [0.25, 0.3) is 5.82 Å². The average molecular weight is 212 g/mol. The summed E-state index contributed by atoms with van der Waals surface area (Å²) in [6.45, 7) is 5.91. The van der Waals surface area contributed by atoms with Crippen LogP contribution in [0.15, 0.2) is 18.5 Å². The van der Waals surface area contributed by atoms with Gasteiger partial charge in [-0.15, -0.1) is 0 Å². The van der Waals surface area contributed by atoms with Crippen LogP contribution in [0, 0.1) is 32.1 Å². The molecule has 0 N–H and O–H groups in total. The van der Waals surface area contributed by atoms with Crippen LogP contribution in [0.5, 0.6) is 0 Å². The summed E-state index contributed by atoms with van der Waals surface area (Å²) in [5, 5.41) is 13.1. The molecule has 0 atom stereocenters. The van der Waals surface area contributed by atoms with Crippen LogP contribution in [-0.4, -0.2) is 14.8 Å². The largest absolute Gasteiger partial charge is 0.236 e. The van der Waals surface area contributed by atoms with Gasteiger partial charge in [0.1, 0.15) is 6.07 Å². The van der Waals surface area contributed by atoms with Gasteiger partial charge in [0.2, 0.25) is 0 Å². The maximum Gasteiger partial charge on any atom is 0.153 e. The number of hydrogen-bond acceptors (Lipinski definition) is 3. The molecule has 0 bridgehead atoms. The van der Waals surface area contributed by atoms with E-state index in [1.807, 2.05) is 33.0 Å². The molecule has 4 nitrogen and oxygen atoms in total. The Morgan fingerprint density at radius 3 is 2.44 bits per heavy atom. The molecule has 0 fully saturated rings. The summed E-state index contributed by atoms with van der Waals surface area (Å²) < 4.78 is 1.78. The Balaban J connectivity index is 2.54. The van der Waals surface area contributed by atoms with Crippen molar-refractivity contribution < 1.29 is 0 Å². The van der Waals surface area contributed by atoms with Gasteiger partial charge < -0.3 is 0 Å². The Morgan fingerprint density at radius 2 is 1.94 bits per heavy atom. The molecule has 0 aliphatic rings. The fourth-order valence-electron chi connectivity index (χ4n) is 1.50. The van der Waals surface area contributed by atoms with Gasteiger partial charge in [-0.25, -0.2) is 9.67 Å². The molecule has 0 saturated heterocycles. The van der Waals surface area contributed by atoms with Crippen molar-refractivity contribution in [1.29, 1.82) is 5.26 Å². The van der Waals surface area contributed by atoms with E-state index in [-0.39, 0.29) is 0 Å². The minimum atomic E-state index is 0.602. The topological polar surface area (TPSA) is 54.5 Å². The molecular formula is C12H12N4. The molecule has 0 aliphatic heterocycles. The van der Waals surface area contributed by atoms with Crippen molar-refractivity contribution in [2.45, 2.75) is 20.8 Å². The maximum atomic E-state index is 8.83. The van der Waals surface area contributed by atoms with Gasteiger partial charge in [-0.3, -0.25) is 0 Å². The van der Waals surface area contributed by atoms with Gasteiger partial charge in [-0.2, -0.15) is 10.4 Å². The molecule has 0 spiro atoms. The molecule has 0 unspecified atom stereocenters. The lowest BCUT2D eigenvalue weighted by atomic mass is 10.2. The second-order valence-electron chi connectivity index (χ2n) is 3.79. The van der Waals surface area contributed by atoms with Crippen molar-refractivity contribution >= 4 is 0 Å². The Bertz CT molecular complexity index is 575. The smallest absolute Gasteiger partial charge is 0.153 e. The number of rotatable bonds is 1. The first-order chi connectivity index (χ1) is 7.63. The van der Waals surface area contributed by atoms with Crippen LogP contribution in [0.2, 0.25) is 0 Å². The highest BCUT2D eigenvalue weighted by atomic mass is 15.3. The van der Waals surface area contributed by atoms with E-state index in [2.05, 4.69) is 16.2 Å². The number of pyridine rings is 1. The van der Waals surface area contributed by atoms with Gasteiger partial charge in [-0.1, -0.05) is 0 Å². The molecule has 2 aromatic rings. The van der Waals surface area contributed by atoms with Gasteiger partial charge in [0.15, 0.2) is 5.82 Å². The molecule has 4 heteroatoms. The van der Waals surface area contributed by atoms with Gasteiger partial charge >= 0.3 is 0 Å². The Morgan fingerprint density at radius 1 is 1.19 bits per heavy atom. The second kappa shape index (κ2) is 3.78. The summed E-state index contributed by atoms with van der Waals surface area (Å²) in [5.74, 6) is 0.752. The third kappa shape index (κ3) is 1.57. The second-order valence-corrected chi connectivity index (χ2v) is 3.79. The van der Waals surface area contributed by atoms with E-state index in [1.165, 1.54) is 0 Å². The third-order valence-electron chi connectivity index (χ3n) is 2.69. The minimum absolute atomic E-state index is 0.602. The van der Waals surface area contributed by atoms with Crippen molar-refractivity contribution in [2.24, 2.45) is 0 Å². The first-order valence-corrected chi connectivity index (χ1v) is 5.02. The lowest BCUT2D eigenvalue weighted by Crippen LogP contribution is -2.03. The number of nitrogens with zero attached hydrogens (tertiary/aromatic N) is 4. The van der Waals surface area contributed by atoms with Gasteiger partial charge in [0, 0.05) is 11.9 Å². The first-order valence-electron chi connectivity index (χ1n) is 5.02. The molecule has 0 amide bonds. The number of hydrogen-bond donors (Lipinski definition) is 0. The standard InChI is InChI=1S/C12H12N4/c1-8-4-12(14-7-11(8)5-13)16-10(3)9(2)6-15-16/h4,6-7H,1-3H3. The van der Waals surface area contributed by atoms with Crippen LogP contribution >= 0.6 is 0 Å². The van der Waals surface area contributed by atoms with E-state index in [0.29, 0.717) is 5.56 Å². The molecule has 2 heterocycles. The van der Waals surface area contributed by atoms with Gasteiger partial charge in [0.05, 0.1) is 11.8 Å². The lowest BCUT2D eigenvalue weighted by Gasteiger charge is -2.05. The van der Waals surface area contributed by atoms with Crippen molar-refractivity contribution in [3.05, 3.63) is 40.8 Å². The van der Waals surface area contributed by atoms with E-state index in [1.54, 1.807) is 10.9 Å². The zero-order chi connectivity index (χ0) is 11.7. The molecule has 16 heavy (non-hydrogen) atoms. The zero-order valence-corrected chi connectivity index (χ0v) is 9.52. The molecule has 80 valence electrons. The quantitative estimate of drug-likeness (QED) is 0.727. The highest BCUT2D eigenvalue weighted by molar-refractivity contribution is 5.40. The Kier molecular flexibility index (Phi) is 2.45. The van der Waals surface area contributed by atoms with Gasteiger partial charge in [0.25, 0.3) is 0 Å². The first kappa shape index (κ1) is 10.4. The van der Waals surface area contributed by atoms with E-state index in [4.69, 9.17) is 5.26 Å². The van der Waals surface area contributed by atoms with Crippen LogP contribution in [0.1, 0.15) is 22.4 Å². The highest BCUT2D eigenvalue weighted by Crippen LogP contribution is 2.14. The van der Waals surface area contributed by atoms with Gasteiger partial charge in [-0.05, 0) is 38.0 Å². The fraction of sp³-hybridized carbons (Fsp3) is 0.250. The van der Waals surface area contributed by atoms with E-state index < -0.39 is 0 Å². The maximum absolute atomic E-state index is 8.83. The van der Waals surface area contributed by atoms with Crippen LogP contribution in [0.4, 0.5) is 0 Å². The molecule has 0 aliphatic carbocycles. The molecule has 0 saturated carbocycles. The summed E-state index contributed by atoms with van der Waals surface area (Å²) >= 11 is 0. The van der Waals surface area contributed by atoms with E-state index in [9.17, 15) is 0 Å². The molecule has 2 aromatic heterocycles. The number of nitriles is 1. The Labute approximate surface area is 94.2 Å². The summed E-state index contributed by atoms with van der Waals surface area (Å²) in [7, 11) is 0. The fourth-order valence-corrected chi connectivity index (χ4v) is 1.50. The van der Waals surface area contributed by atoms with Crippen molar-refractivity contribution in [2.75, 3.05) is 0 Å². The SMILES string of the molecule is Cc1cc(-n2ncc(C)c2C)ncc1C#N. The van der Waals surface area contributed by atoms with Crippen LogP contribution in [0.3, 0.4) is 0 Å². The van der Waals surface area contributed by atoms with Crippen LogP contribution < -0.4 is 0 Å². The predicted molar refractivity (Wildman–Crippen MR) is 60.3 cm³/mol. The molecule has 0 aromatic carbocycles. The van der Waals surface area contributed by atoms with Crippen molar-refractivity contribution in [3.63, 3.8) is 0 Å². The monoisotopic (exact) mass is 212 g/mol. The van der Waals surface area contributed by atoms with Crippen LogP contribution in [-0.2, 0) is 0 Å². The van der Waals surface area contributed by atoms with E-state index in [0.717, 1.165) is 22.6 Å². The minimum Gasteiger partial charge on any atom is -0.236 e. The summed E-state index contributed by atoms with van der Waals surface area (Å²) in [6, 6.07) is 3.97. The van der Waals surface area contributed by atoms with Crippen molar-refractivity contribution in [3.8, 4) is 11.9 Å². The van der Waals surface area contributed by atoms with Crippen molar-refractivity contribution in [1.82, 2.24) is 14.8 Å². The predicted octanol–water partition coefficient (Wildman–Crippen LogP) is 2.06. The zero-order valence-electron chi connectivity index (χ0n) is 9.52. The normalized spacial score (nSPS) is 10.1. The number of aromatic nitrogens is 3. The number of aryl methyl sites for hydroxylation is 2. The summed E-state index contributed by atoms with van der Waals surface area (Å²) in [6.07, 6.45) is 3.39. The molecule has 2 rings (SSSR count). The lowest BCUT2D eigenvalue weighted by molar-refractivity contribution is 0.814.